The molecule has 1 aromatic carbocycles. The maximum atomic E-state index is 11.4. The van der Waals surface area contributed by atoms with E-state index in [2.05, 4.69) is 15.0 Å². The van der Waals surface area contributed by atoms with E-state index in [9.17, 15) is 8.42 Å². The first-order chi connectivity index (χ1) is 9.38. The van der Waals surface area contributed by atoms with Crippen LogP contribution in [0.5, 0.6) is 6.01 Å². The molecule has 0 unspecified atom stereocenters. The van der Waals surface area contributed by atoms with Crippen LogP contribution in [0.4, 0.5) is 0 Å². The third kappa shape index (κ3) is 3.81. The Labute approximate surface area is 125 Å². The van der Waals surface area contributed by atoms with Crippen LogP contribution in [0.3, 0.4) is 0 Å². The van der Waals surface area contributed by atoms with Crippen LogP contribution in [0.2, 0.25) is 5.28 Å². The quantitative estimate of drug-likeness (QED) is 0.848. The molecule has 0 amide bonds. The van der Waals surface area contributed by atoms with E-state index in [1.807, 2.05) is 0 Å². The van der Waals surface area contributed by atoms with Gasteiger partial charge in [0.15, 0.2) is 15.0 Å². The molecule has 0 fully saturated rings. The number of methoxy groups -OCH3 is 1. The van der Waals surface area contributed by atoms with E-state index in [0.717, 1.165) is 11.2 Å². The molecule has 106 valence electrons. The van der Waals surface area contributed by atoms with Crippen LogP contribution in [-0.4, -0.2) is 36.7 Å². The van der Waals surface area contributed by atoms with E-state index < -0.39 is 9.84 Å². The number of halogens is 1. The lowest BCUT2D eigenvalue weighted by Crippen LogP contribution is -1.97. The SMILES string of the molecule is COc1nc(Cl)nc(Sc2ccc(S(C)(=O)=O)cc2)n1. The van der Waals surface area contributed by atoms with E-state index >= 15 is 0 Å². The molecule has 20 heavy (non-hydrogen) atoms. The summed E-state index contributed by atoms with van der Waals surface area (Å²) in [6, 6.07) is 6.52. The van der Waals surface area contributed by atoms with Crippen molar-refractivity contribution < 1.29 is 13.2 Å². The van der Waals surface area contributed by atoms with Gasteiger partial charge in [-0.3, -0.25) is 0 Å². The lowest BCUT2D eigenvalue weighted by Gasteiger charge is -2.03. The van der Waals surface area contributed by atoms with Crippen LogP contribution in [0.1, 0.15) is 0 Å². The van der Waals surface area contributed by atoms with Gasteiger partial charge in [-0.2, -0.15) is 15.0 Å². The van der Waals surface area contributed by atoms with Gasteiger partial charge in [-0.15, -0.1) is 0 Å². The van der Waals surface area contributed by atoms with E-state index in [-0.39, 0.29) is 16.2 Å². The Bertz CT molecular complexity index is 720. The molecular weight excluding hydrogens is 322 g/mol. The van der Waals surface area contributed by atoms with Gasteiger partial charge >= 0.3 is 6.01 Å². The Kier molecular flexibility index (Phi) is 4.46. The molecule has 0 aliphatic carbocycles. The molecule has 2 rings (SSSR count). The topological polar surface area (TPSA) is 82.0 Å². The zero-order chi connectivity index (χ0) is 14.8. The van der Waals surface area contributed by atoms with Crippen molar-refractivity contribution in [2.24, 2.45) is 0 Å². The number of ether oxygens (including phenoxy) is 1. The summed E-state index contributed by atoms with van der Waals surface area (Å²) in [5, 5.41) is 0.404. The molecule has 0 atom stereocenters. The summed E-state index contributed by atoms with van der Waals surface area (Å²) in [6.07, 6.45) is 1.16. The third-order valence-corrected chi connectivity index (χ3v) is 4.38. The number of aromatic nitrogens is 3. The molecule has 0 aliphatic rings. The first-order valence-corrected chi connectivity index (χ1v) is 8.40. The van der Waals surface area contributed by atoms with Crippen LogP contribution < -0.4 is 4.74 Å². The monoisotopic (exact) mass is 331 g/mol. The van der Waals surface area contributed by atoms with E-state index in [1.54, 1.807) is 12.1 Å². The van der Waals surface area contributed by atoms with Crippen molar-refractivity contribution in [3.8, 4) is 6.01 Å². The van der Waals surface area contributed by atoms with Crippen molar-refractivity contribution in [2.75, 3.05) is 13.4 Å². The zero-order valence-electron chi connectivity index (χ0n) is 10.6. The molecule has 0 bridgehead atoms. The van der Waals surface area contributed by atoms with Crippen LogP contribution >= 0.6 is 23.4 Å². The Morgan fingerprint density at radius 1 is 1.15 bits per heavy atom. The molecule has 0 spiro atoms. The highest BCUT2D eigenvalue weighted by Gasteiger charge is 2.09. The Morgan fingerprint density at radius 3 is 2.35 bits per heavy atom. The van der Waals surface area contributed by atoms with Crippen molar-refractivity contribution >= 4 is 33.2 Å². The number of rotatable bonds is 4. The second kappa shape index (κ2) is 5.94. The van der Waals surface area contributed by atoms with Gasteiger partial charge in [-0.25, -0.2) is 8.42 Å². The van der Waals surface area contributed by atoms with Gasteiger partial charge in [0.05, 0.1) is 12.0 Å². The lowest BCUT2D eigenvalue weighted by molar-refractivity contribution is 0.373. The Balaban J connectivity index is 2.24. The van der Waals surface area contributed by atoms with Gasteiger partial charge < -0.3 is 4.74 Å². The molecule has 9 heteroatoms. The minimum Gasteiger partial charge on any atom is -0.467 e. The summed E-state index contributed by atoms with van der Waals surface area (Å²) >= 11 is 6.97. The molecule has 1 aromatic heterocycles. The smallest absolute Gasteiger partial charge is 0.321 e. The zero-order valence-corrected chi connectivity index (χ0v) is 13.0. The maximum absolute atomic E-state index is 11.4. The third-order valence-electron chi connectivity index (χ3n) is 2.21. The average molecular weight is 332 g/mol. The van der Waals surface area contributed by atoms with Gasteiger partial charge in [-0.1, -0.05) is 0 Å². The van der Waals surface area contributed by atoms with Gasteiger partial charge in [0.2, 0.25) is 5.28 Å². The minimum atomic E-state index is -3.20. The summed E-state index contributed by atoms with van der Waals surface area (Å²) in [4.78, 5) is 12.8. The van der Waals surface area contributed by atoms with E-state index in [4.69, 9.17) is 16.3 Å². The molecular formula is C11H10ClN3O3S2. The minimum absolute atomic E-state index is 0.0344. The molecule has 0 aliphatic heterocycles. The first kappa shape index (κ1) is 15.0. The Morgan fingerprint density at radius 2 is 1.80 bits per heavy atom. The van der Waals surface area contributed by atoms with Crippen LogP contribution in [0.15, 0.2) is 39.2 Å². The van der Waals surface area contributed by atoms with Crippen molar-refractivity contribution in [3.63, 3.8) is 0 Å². The normalized spacial score (nSPS) is 11.3. The first-order valence-electron chi connectivity index (χ1n) is 5.32. The number of hydrogen-bond donors (Lipinski definition) is 0. The summed E-state index contributed by atoms with van der Waals surface area (Å²) in [6.45, 7) is 0. The Hall–Kier alpha value is -1.38. The number of benzene rings is 1. The highest BCUT2D eigenvalue weighted by atomic mass is 35.5. The maximum Gasteiger partial charge on any atom is 0.321 e. The van der Waals surface area contributed by atoms with E-state index in [1.165, 1.54) is 31.0 Å². The van der Waals surface area contributed by atoms with Gasteiger partial charge in [-0.05, 0) is 47.6 Å². The predicted molar refractivity (Wildman–Crippen MR) is 75.1 cm³/mol. The number of nitrogens with zero attached hydrogens (tertiary/aromatic N) is 3. The molecule has 6 nitrogen and oxygen atoms in total. The summed E-state index contributed by atoms with van der Waals surface area (Å²) in [7, 11) is -1.77. The molecule has 0 saturated heterocycles. The number of hydrogen-bond acceptors (Lipinski definition) is 7. The molecule has 0 saturated carbocycles. The average Bonchev–Trinajstić information content (AvgIpc) is 2.37. The fraction of sp³-hybridized carbons (Fsp3) is 0.182. The summed E-state index contributed by atoms with van der Waals surface area (Å²) < 4.78 is 27.6. The second-order valence-corrected chi connectivity index (χ2v) is 7.11. The molecule has 2 aromatic rings. The standard InChI is InChI=1S/C11H10ClN3O3S2/c1-18-10-13-9(12)14-11(15-10)19-7-3-5-8(6-4-7)20(2,16)17/h3-6H,1-2H3. The highest BCUT2D eigenvalue weighted by Crippen LogP contribution is 2.27. The van der Waals surface area contributed by atoms with Crippen molar-refractivity contribution in [1.29, 1.82) is 0 Å². The van der Waals surface area contributed by atoms with Crippen LogP contribution in [-0.2, 0) is 9.84 Å². The largest absolute Gasteiger partial charge is 0.467 e. The fourth-order valence-electron chi connectivity index (χ4n) is 1.31. The second-order valence-electron chi connectivity index (χ2n) is 3.72. The highest BCUT2D eigenvalue weighted by molar-refractivity contribution is 7.99. The molecule has 1 heterocycles. The van der Waals surface area contributed by atoms with Crippen molar-refractivity contribution in [2.45, 2.75) is 14.9 Å². The summed E-state index contributed by atoms with van der Waals surface area (Å²) in [5.74, 6) is 0. The molecule has 0 radical (unpaired) electrons. The number of sulfone groups is 1. The van der Waals surface area contributed by atoms with Crippen molar-refractivity contribution in [3.05, 3.63) is 29.5 Å². The summed E-state index contributed by atoms with van der Waals surface area (Å²) in [5.41, 5.74) is 0. The van der Waals surface area contributed by atoms with Crippen molar-refractivity contribution in [1.82, 2.24) is 15.0 Å². The van der Waals surface area contributed by atoms with Gasteiger partial charge in [0.1, 0.15) is 0 Å². The predicted octanol–water partition coefficient (Wildman–Crippen LogP) is 2.09. The van der Waals surface area contributed by atoms with Gasteiger partial charge in [0, 0.05) is 11.2 Å². The molecule has 0 N–H and O–H groups in total. The van der Waals surface area contributed by atoms with E-state index in [0.29, 0.717) is 5.16 Å². The van der Waals surface area contributed by atoms with Crippen LogP contribution in [0.25, 0.3) is 0 Å². The van der Waals surface area contributed by atoms with Gasteiger partial charge in [0.25, 0.3) is 0 Å². The fourth-order valence-corrected chi connectivity index (χ4v) is 2.88. The lowest BCUT2D eigenvalue weighted by atomic mass is 10.4. The van der Waals surface area contributed by atoms with Crippen LogP contribution in [0, 0.1) is 0 Å².